The Morgan fingerprint density at radius 1 is 0.679 bits per heavy atom. The average molecular weight is 374 g/mol. The summed E-state index contributed by atoms with van der Waals surface area (Å²) in [4.78, 5) is 23.4. The molecule has 0 fully saturated rings. The van der Waals surface area contributed by atoms with Gasteiger partial charge < -0.3 is 0 Å². The van der Waals surface area contributed by atoms with Crippen molar-refractivity contribution in [2.75, 3.05) is 0 Å². The van der Waals surface area contributed by atoms with Crippen LogP contribution in [0.5, 0.6) is 0 Å². The Morgan fingerprint density at radius 3 is 1.39 bits per heavy atom. The van der Waals surface area contributed by atoms with Crippen molar-refractivity contribution in [1.82, 2.24) is 10.9 Å². The van der Waals surface area contributed by atoms with Crippen LogP contribution in [0.4, 0.5) is 0 Å². The summed E-state index contributed by atoms with van der Waals surface area (Å²) in [5.41, 5.74) is 8.02. The molecule has 0 bridgehead atoms. The van der Waals surface area contributed by atoms with Gasteiger partial charge in [0.15, 0.2) is 0 Å². The van der Waals surface area contributed by atoms with Crippen molar-refractivity contribution >= 4 is 36.4 Å². The number of carbonyl (C=O) groups is 2. The minimum Gasteiger partial charge on any atom is -0.262 e. The number of amides is 2. The Kier molecular flexibility index (Phi) is 8.08. The second-order valence-electron chi connectivity index (χ2n) is 6.00. The maximum Gasteiger partial charge on any atom is 0.331 e. The molecule has 28 heavy (non-hydrogen) atoms. The molecule has 6 nitrogen and oxygen atoms in total. The fourth-order valence-corrected chi connectivity index (χ4v) is 2.19. The molecule has 0 saturated heterocycles. The molecule has 0 unspecified atom stereocenters. The van der Waals surface area contributed by atoms with E-state index < -0.39 is 11.8 Å². The van der Waals surface area contributed by atoms with Crippen molar-refractivity contribution in [1.29, 1.82) is 0 Å². The van der Waals surface area contributed by atoms with Crippen LogP contribution in [0.1, 0.15) is 25.0 Å². The van der Waals surface area contributed by atoms with Crippen molar-refractivity contribution in [2.24, 2.45) is 10.2 Å². The van der Waals surface area contributed by atoms with Gasteiger partial charge in [0.25, 0.3) is 0 Å². The number of nitrogens with one attached hydrogen (secondary N) is 2. The minimum atomic E-state index is -0.898. The predicted molar refractivity (Wildman–Crippen MR) is 113 cm³/mol. The van der Waals surface area contributed by atoms with Crippen LogP contribution < -0.4 is 10.9 Å². The van der Waals surface area contributed by atoms with E-state index in [0.717, 1.165) is 22.3 Å². The van der Waals surface area contributed by atoms with E-state index in [-0.39, 0.29) is 0 Å². The molecular formula is C22H22N4O2. The summed E-state index contributed by atoms with van der Waals surface area (Å²) in [5.74, 6) is -1.80. The fraction of sp³-hybridized carbons (Fsp3) is 0.0909. The molecule has 2 amide bonds. The molecule has 0 saturated carbocycles. The Labute approximate surface area is 164 Å². The van der Waals surface area contributed by atoms with Crippen molar-refractivity contribution in [3.8, 4) is 0 Å². The van der Waals surface area contributed by atoms with Gasteiger partial charge in [0.05, 0.1) is 12.4 Å². The molecular weight excluding hydrogens is 352 g/mol. The van der Waals surface area contributed by atoms with Crippen LogP contribution in [0.15, 0.2) is 82.0 Å². The molecule has 0 aliphatic carbocycles. The molecule has 0 radical (unpaired) electrons. The average Bonchev–Trinajstić information content (AvgIpc) is 2.69. The summed E-state index contributed by atoms with van der Waals surface area (Å²) >= 11 is 0. The molecule has 6 heteroatoms. The number of carbonyl (C=O) groups excluding carboxylic acids is 2. The molecule has 0 heterocycles. The highest BCUT2D eigenvalue weighted by molar-refractivity contribution is 6.35. The van der Waals surface area contributed by atoms with E-state index in [1.54, 1.807) is 0 Å². The Bertz CT molecular complexity index is 837. The van der Waals surface area contributed by atoms with E-state index in [4.69, 9.17) is 0 Å². The lowest BCUT2D eigenvalue weighted by Crippen LogP contribution is -2.35. The topological polar surface area (TPSA) is 82.9 Å². The third kappa shape index (κ3) is 7.61. The normalized spacial score (nSPS) is 12.4. The van der Waals surface area contributed by atoms with E-state index in [1.807, 2.05) is 86.7 Å². The number of hydrogen-bond donors (Lipinski definition) is 2. The van der Waals surface area contributed by atoms with Gasteiger partial charge in [0.1, 0.15) is 0 Å². The molecule has 2 rings (SSSR count). The molecule has 0 spiro atoms. The van der Waals surface area contributed by atoms with Crippen LogP contribution in [0, 0.1) is 0 Å². The first-order valence-corrected chi connectivity index (χ1v) is 8.68. The van der Waals surface area contributed by atoms with Gasteiger partial charge in [-0.2, -0.15) is 10.2 Å². The molecule has 142 valence electrons. The van der Waals surface area contributed by atoms with E-state index in [9.17, 15) is 9.59 Å². The second kappa shape index (κ2) is 11.0. The molecule has 2 N–H and O–H groups in total. The lowest BCUT2D eigenvalue weighted by Gasteiger charge is -1.99. The van der Waals surface area contributed by atoms with E-state index in [1.165, 1.54) is 12.4 Å². The van der Waals surface area contributed by atoms with Gasteiger partial charge in [-0.3, -0.25) is 9.59 Å². The number of benzene rings is 2. The monoisotopic (exact) mass is 374 g/mol. The molecule has 0 aliphatic rings. The third-order valence-electron chi connectivity index (χ3n) is 3.46. The highest BCUT2D eigenvalue weighted by Gasteiger charge is 2.10. The summed E-state index contributed by atoms with van der Waals surface area (Å²) in [6.07, 6.45) is 6.74. The first kappa shape index (κ1) is 20.5. The first-order valence-electron chi connectivity index (χ1n) is 8.68. The number of allylic oxidation sites excluding steroid dienone is 2. The first-order chi connectivity index (χ1) is 13.5. The summed E-state index contributed by atoms with van der Waals surface area (Å²) in [6, 6.07) is 19.4. The van der Waals surface area contributed by atoms with Gasteiger partial charge in [-0.05, 0) is 36.1 Å². The zero-order chi connectivity index (χ0) is 20.2. The SMILES string of the molecule is CC(=C/c1ccccc1)/C=N/NC(=O)C(=O)N/N=C/C(C)=C\c1ccccc1. The van der Waals surface area contributed by atoms with Crippen LogP contribution in [0.3, 0.4) is 0 Å². The second-order valence-corrected chi connectivity index (χ2v) is 6.00. The third-order valence-corrected chi connectivity index (χ3v) is 3.46. The van der Waals surface area contributed by atoms with Gasteiger partial charge in [-0.15, -0.1) is 0 Å². The van der Waals surface area contributed by atoms with E-state index >= 15 is 0 Å². The number of rotatable bonds is 6. The maximum absolute atomic E-state index is 11.7. The molecule has 0 atom stereocenters. The highest BCUT2D eigenvalue weighted by atomic mass is 16.2. The maximum atomic E-state index is 11.7. The lowest BCUT2D eigenvalue weighted by molar-refractivity contribution is -0.139. The summed E-state index contributed by atoms with van der Waals surface area (Å²) in [7, 11) is 0. The van der Waals surface area contributed by atoms with Crippen LogP contribution in [0.2, 0.25) is 0 Å². The van der Waals surface area contributed by atoms with E-state index in [2.05, 4.69) is 21.1 Å². The number of hydrazone groups is 2. The summed E-state index contributed by atoms with van der Waals surface area (Å²) < 4.78 is 0. The van der Waals surface area contributed by atoms with Crippen LogP contribution >= 0.6 is 0 Å². The summed E-state index contributed by atoms with van der Waals surface area (Å²) in [5, 5.41) is 7.54. The van der Waals surface area contributed by atoms with Crippen molar-refractivity contribution in [3.63, 3.8) is 0 Å². The summed E-state index contributed by atoms with van der Waals surface area (Å²) in [6.45, 7) is 3.68. The van der Waals surface area contributed by atoms with Crippen LogP contribution in [-0.2, 0) is 9.59 Å². The number of hydrogen-bond acceptors (Lipinski definition) is 4. The van der Waals surface area contributed by atoms with Gasteiger partial charge in [0, 0.05) is 0 Å². The largest absolute Gasteiger partial charge is 0.331 e. The molecule has 2 aromatic rings. The highest BCUT2D eigenvalue weighted by Crippen LogP contribution is 2.05. The van der Waals surface area contributed by atoms with Crippen LogP contribution in [-0.4, -0.2) is 24.2 Å². The number of nitrogens with zero attached hydrogens (tertiary/aromatic N) is 2. The Balaban J connectivity index is 1.80. The standard InChI is InChI=1S/C22H22N4O2/c1-17(13-19-9-5-3-6-10-19)15-23-25-21(27)22(28)26-24-16-18(2)14-20-11-7-4-8-12-20/h3-16H,1-2H3,(H,25,27)(H,26,28)/b17-13-,18-14-,23-15+,24-16+. The predicted octanol–water partition coefficient (Wildman–Crippen LogP) is 3.40. The van der Waals surface area contributed by atoms with Gasteiger partial charge >= 0.3 is 11.8 Å². The Hall–Kier alpha value is -3.80. The molecule has 0 aliphatic heterocycles. The van der Waals surface area contributed by atoms with E-state index in [0.29, 0.717) is 0 Å². The van der Waals surface area contributed by atoms with Crippen LogP contribution in [0.25, 0.3) is 12.2 Å². The van der Waals surface area contributed by atoms with Gasteiger partial charge in [-0.1, -0.05) is 72.8 Å². The quantitative estimate of drug-likeness (QED) is 0.461. The van der Waals surface area contributed by atoms with Gasteiger partial charge in [-0.25, -0.2) is 10.9 Å². The zero-order valence-corrected chi connectivity index (χ0v) is 15.8. The smallest absolute Gasteiger partial charge is 0.262 e. The zero-order valence-electron chi connectivity index (χ0n) is 15.8. The lowest BCUT2D eigenvalue weighted by atomic mass is 10.1. The fourth-order valence-electron chi connectivity index (χ4n) is 2.19. The molecule has 2 aromatic carbocycles. The minimum absolute atomic E-state index is 0.826. The van der Waals surface area contributed by atoms with Crippen molar-refractivity contribution in [3.05, 3.63) is 82.9 Å². The van der Waals surface area contributed by atoms with Gasteiger partial charge in [0.2, 0.25) is 0 Å². The van der Waals surface area contributed by atoms with Crippen molar-refractivity contribution < 1.29 is 9.59 Å². The molecule has 0 aromatic heterocycles. The van der Waals surface area contributed by atoms with Crippen molar-refractivity contribution in [2.45, 2.75) is 13.8 Å². The Morgan fingerprint density at radius 2 is 1.04 bits per heavy atom.